The first-order valence-corrected chi connectivity index (χ1v) is 5.30. The number of ether oxygens (including phenoxy) is 1. The first-order chi connectivity index (χ1) is 7.58. The lowest BCUT2D eigenvalue weighted by atomic mass is 10.2. The molecule has 16 heavy (non-hydrogen) atoms. The van der Waals surface area contributed by atoms with Crippen LogP contribution in [0.4, 0.5) is 0 Å². The molecule has 5 heteroatoms. The van der Waals surface area contributed by atoms with Crippen LogP contribution in [-0.2, 0) is 4.74 Å². The average molecular weight is 222 g/mol. The summed E-state index contributed by atoms with van der Waals surface area (Å²) in [6.07, 6.45) is 3.39. The van der Waals surface area contributed by atoms with Crippen LogP contribution in [0.25, 0.3) is 0 Å². The Hall–Kier alpha value is -1.49. The molecule has 0 bridgehead atoms. The van der Waals surface area contributed by atoms with Crippen LogP contribution in [-0.4, -0.2) is 27.1 Å². The highest BCUT2D eigenvalue weighted by Gasteiger charge is 2.26. The summed E-state index contributed by atoms with van der Waals surface area (Å²) in [5, 5.41) is 8.85. The van der Waals surface area contributed by atoms with E-state index in [1.165, 1.54) is 6.20 Å². The third-order valence-electron chi connectivity index (χ3n) is 2.75. The molecule has 1 N–H and O–H groups in total. The summed E-state index contributed by atoms with van der Waals surface area (Å²) < 4.78 is 5.63. The van der Waals surface area contributed by atoms with E-state index in [0.29, 0.717) is 11.5 Å². The largest absolute Gasteiger partial charge is 0.478 e. The second kappa shape index (κ2) is 4.17. The van der Waals surface area contributed by atoms with Crippen molar-refractivity contribution in [2.75, 3.05) is 0 Å². The van der Waals surface area contributed by atoms with Crippen molar-refractivity contribution in [3.63, 3.8) is 0 Å². The molecule has 1 aliphatic heterocycles. The van der Waals surface area contributed by atoms with E-state index in [1.54, 1.807) is 6.92 Å². The zero-order valence-electron chi connectivity index (χ0n) is 9.30. The van der Waals surface area contributed by atoms with Crippen molar-refractivity contribution in [3.8, 4) is 0 Å². The van der Waals surface area contributed by atoms with E-state index in [2.05, 4.69) is 9.97 Å². The zero-order valence-corrected chi connectivity index (χ0v) is 9.30. The van der Waals surface area contributed by atoms with Crippen LogP contribution in [0.15, 0.2) is 6.20 Å². The number of carbonyl (C=O) groups is 1. The maximum Gasteiger partial charge on any atom is 0.339 e. The Bertz CT molecular complexity index is 420. The maximum absolute atomic E-state index is 10.8. The third kappa shape index (κ3) is 2.04. The molecule has 1 fully saturated rings. The van der Waals surface area contributed by atoms with Gasteiger partial charge in [0.05, 0.1) is 17.4 Å². The number of carboxylic acids is 1. The molecule has 86 valence electrons. The Morgan fingerprint density at radius 3 is 2.81 bits per heavy atom. The molecule has 1 aliphatic rings. The SMILES string of the molecule is Cc1nc(C2CCC(C)O2)ncc1C(=O)O. The van der Waals surface area contributed by atoms with E-state index in [4.69, 9.17) is 9.84 Å². The first-order valence-electron chi connectivity index (χ1n) is 5.30. The second-order valence-corrected chi connectivity index (χ2v) is 4.05. The first kappa shape index (κ1) is 11.0. The van der Waals surface area contributed by atoms with Gasteiger partial charge in [-0.2, -0.15) is 0 Å². The number of nitrogens with zero attached hydrogens (tertiary/aromatic N) is 2. The van der Waals surface area contributed by atoms with Crippen LogP contribution < -0.4 is 0 Å². The van der Waals surface area contributed by atoms with Gasteiger partial charge in [-0.25, -0.2) is 14.8 Å². The van der Waals surface area contributed by atoms with Gasteiger partial charge in [0.1, 0.15) is 6.10 Å². The van der Waals surface area contributed by atoms with E-state index >= 15 is 0 Å². The Kier molecular flexibility index (Phi) is 2.87. The minimum Gasteiger partial charge on any atom is -0.478 e. The van der Waals surface area contributed by atoms with Crippen molar-refractivity contribution in [3.05, 3.63) is 23.3 Å². The maximum atomic E-state index is 10.8. The van der Waals surface area contributed by atoms with Crippen molar-refractivity contribution < 1.29 is 14.6 Å². The van der Waals surface area contributed by atoms with Gasteiger partial charge in [0.15, 0.2) is 5.82 Å². The number of carboxylic acid groups (broad SMARTS) is 1. The molecule has 2 rings (SSSR count). The van der Waals surface area contributed by atoms with Crippen LogP contribution in [0, 0.1) is 6.92 Å². The number of hydrogen-bond acceptors (Lipinski definition) is 4. The van der Waals surface area contributed by atoms with Gasteiger partial charge < -0.3 is 9.84 Å². The van der Waals surface area contributed by atoms with E-state index in [9.17, 15) is 4.79 Å². The van der Waals surface area contributed by atoms with E-state index in [1.807, 2.05) is 6.92 Å². The molecular formula is C11H14N2O3. The molecule has 0 spiro atoms. The fraction of sp³-hybridized carbons (Fsp3) is 0.545. The van der Waals surface area contributed by atoms with E-state index in [0.717, 1.165) is 12.8 Å². The molecule has 1 aromatic heterocycles. The second-order valence-electron chi connectivity index (χ2n) is 4.05. The molecule has 0 amide bonds. The molecule has 0 aliphatic carbocycles. The van der Waals surface area contributed by atoms with Gasteiger partial charge in [0, 0.05) is 6.20 Å². The lowest BCUT2D eigenvalue weighted by molar-refractivity contribution is 0.0499. The summed E-state index contributed by atoms with van der Waals surface area (Å²) in [6.45, 7) is 3.69. The van der Waals surface area contributed by atoms with Crippen molar-refractivity contribution in [2.24, 2.45) is 0 Å². The average Bonchev–Trinajstić information content (AvgIpc) is 2.64. The molecule has 0 radical (unpaired) electrons. The molecule has 5 nitrogen and oxygen atoms in total. The smallest absolute Gasteiger partial charge is 0.339 e. The van der Waals surface area contributed by atoms with Gasteiger partial charge in [-0.3, -0.25) is 0 Å². The minimum absolute atomic E-state index is 0.0865. The van der Waals surface area contributed by atoms with Gasteiger partial charge in [-0.1, -0.05) is 0 Å². The Morgan fingerprint density at radius 2 is 2.31 bits per heavy atom. The summed E-state index contributed by atoms with van der Waals surface area (Å²) in [5.74, 6) is -0.406. The van der Waals surface area contributed by atoms with Crippen LogP contribution >= 0.6 is 0 Å². The van der Waals surface area contributed by atoms with Crippen molar-refractivity contribution >= 4 is 5.97 Å². The highest BCUT2D eigenvalue weighted by Crippen LogP contribution is 2.30. The number of hydrogen-bond donors (Lipinski definition) is 1. The molecule has 0 aromatic carbocycles. The van der Waals surface area contributed by atoms with Crippen LogP contribution in [0.2, 0.25) is 0 Å². The fourth-order valence-corrected chi connectivity index (χ4v) is 1.84. The molecule has 2 unspecified atom stereocenters. The third-order valence-corrected chi connectivity index (χ3v) is 2.75. The highest BCUT2D eigenvalue weighted by molar-refractivity contribution is 5.88. The number of aromatic carboxylic acids is 1. The van der Waals surface area contributed by atoms with Gasteiger partial charge in [-0.05, 0) is 26.7 Å². The summed E-state index contributed by atoms with van der Waals surface area (Å²) in [5.41, 5.74) is 0.635. The summed E-state index contributed by atoms with van der Waals surface area (Å²) in [6, 6.07) is 0. The van der Waals surface area contributed by atoms with E-state index < -0.39 is 5.97 Å². The van der Waals surface area contributed by atoms with Gasteiger partial charge in [0.25, 0.3) is 0 Å². The topological polar surface area (TPSA) is 72.3 Å². The molecular weight excluding hydrogens is 208 g/mol. The Morgan fingerprint density at radius 1 is 1.56 bits per heavy atom. The van der Waals surface area contributed by atoms with E-state index in [-0.39, 0.29) is 17.8 Å². The van der Waals surface area contributed by atoms with Crippen molar-refractivity contribution in [1.29, 1.82) is 0 Å². The normalized spacial score (nSPS) is 24.6. The summed E-state index contributed by atoms with van der Waals surface area (Å²) in [7, 11) is 0. The van der Waals surface area contributed by atoms with Gasteiger partial charge >= 0.3 is 5.97 Å². The molecule has 2 heterocycles. The standard InChI is InChI=1S/C11H14N2O3/c1-6-3-4-9(16-6)10-12-5-8(11(14)15)7(2)13-10/h5-6,9H,3-4H2,1-2H3,(H,14,15). The molecule has 0 saturated carbocycles. The molecule has 1 aromatic rings. The lowest BCUT2D eigenvalue weighted by Crippen LogP contribution is -2.10. The number of aromatic nitrogens is 2. The van der Waals surface area contributed by atoms with Gasteiger partial charge in [-0.15, -0.1) is 0 Å². The predicted octanol–water partition coefficient (Wildman–Crippen LogP) is 1.72. The monoisotopic (exact) mass is 222 g/mol. The molecule has 2 atom stereocenters. The minimum atomic E-state index is -0.996. The molecule has 1 saturated heterocycles. The Labute approximate surface area is 93.5 Å². The van der Waals surface area contributed by atoms with Crippen molar-refractivity contribution in [2.45, 2.75) is 38.9 Å². The van der Waals surface area contributed by atoms with Crippen molar-refractivity contribution in [1.82, 2.24) is 9.97 Å². The number of rotatable bonds is 2. The quantitative estimate of drug-likeness (QED) is 0.824. The summed E-state index contributed by atoms with van der Waals surface area (Å²) >= 11 is 0. The fourth-order valence-electron chi connectivity index (χ4n) is 1.84. The van der Waals surface area contributed by atoms with Crippen LogP contribution in [0.1, 0.15) is 47.7 Å². The van der Waals surface area contributed by atoms with Crippen LogP contribution in [0.3, 0.4) is 0 Å². The zero-order chi connectivity index (χ0) is 11.7. The van der Waals surface area contributed by atoms with Gasteiger partial charge in [0.2, 0.25) is 0 Å². The predicted molar refractivity (Wildman–Crippen MR) is 56.3 cm³/mol. The summed E-state index contributed by atoms with van der Waals surface area (Å²) in [4.78, 5) is 19.0. The Balaban J connectivity index is 2.24. The van der Waals surface area contributed by atoms with Crippen LogP contribution in [0.5, 0.6) is 0 Å². The highest BCUT2D eigenvalue weighted by atomic mass is 16.5. The lowest BCUT2D eigenvalue weighted by Gasteiger charge is -2.10. The number of aryl methyl sites for hydroxylation is 1.